The van der Waals surface area contributed by atoms with Crippen molar-refractivity contribution in [3.63, 3.8) is 0 Å². The third-order valence-corrected chi connectivity index (χ3v) is 7.00. The molecule has 0 spiro atoms. The van der Waals surface area contributed by atoms with Crippen molar-refractivity contribution in [3.8, 4) is 0 Å². The van der Waals surface area contributed by atoms with Gasteiger partial charge in [-0.25, -0.2) is 14.6 Å². The van der Waals surface area contributed by atoms with Gasteiger partial charge in [0.25, 0.3) is 0 Å². The van der Waals surface area contributed by atoms with Crippen molar-refractivity contribution in [1.82, 2.24) is 5.32 Å². The summed E-state index contributed by atoms with van der Waals surface area (Å²) in [5, 5.41) is 2.82. The molecule has 0 aromatic rings. The first kappa shape index (κ1) is 20.8. The van der Waals surface area contributed by atoms with Crippen molar-refractivity contribution >= 4 is 18.1 Å². The van der Waals surface area contributed by atoms with Gasteiger partial charge in [0.15, 0.2) is 0 Å². The summed E-state index contributed by atoms with van der Waals surface area (Å²) in [6.45, 7) is 4.92. The van der Waals surface area contributed by atoms with E-state index < -0.39 is 6.09 Å². The number of alkyl carbamates (subject to hydrolysis) is 1. The molecule has 28 heavy (non-hydrogen) atoms. The summed E-state index contributed by atoms with van der Waals surface area (Å²) in [6, 6.07) is 0. The summed E-state index contributed by atoms with van der Waals surface area (Å²) in [5.41, 5.74) is 0. The molecule has 1 amide bonds. The molecule has 0 saturated heterocycles. The lowest BCUT2D eigenvalue weighted by Gasteiger charge is -2.34. The average Bonchev–Trinajstić information content (AvgIpc) is 3.35. The zero-order valence-corrected chi connectivity index (χ0v) is 16.9. The second kappa shape index (κ2) is 9.55. The van der Waals surface area contributed by atoms with Crippen LogP contribution in [0.25, 0.3) is 0 Å². The number of fused-ring (bicyclic) bond motifs is 5. The number of amides is 1. The molecule has 3 rings (SSSR count). The van der Waals surface area contributed by atoms with Crippen LogP contribution in [-0.2, 0) is 19.1 Å². The fraction of sp³-hybridized carbons (Fsp3) is 0.857. The highest BCUT2D eigenvalue weighted by Crippen LogP contribution is 2.63. The van der Waals surface area contributed by atoms with Gasteiger partial charge in [-0.15, -0.1) is 0 Å². The minimum Gasteiger partial charge on any atom is -0.462 e. The summed E-state index contributed by atoms with van der Waals surface area (Å²) in [4.78, 5) is 37.4. The molecule has 6 atom stereocenters. The van der Waals surface area contributed by atoms with Gasteiger partial charge in [0, 0.05) is 6.54 Å². The lowest BCUT2D eigenvalue weighted by Crippen LogP contribution is -2.32. The largest absolute Gasteiger partial charge is 0.462 e. The molecule has 2 bridgehead atoms. The Morgan fingerprint density at radius 3 is 2.64 bits per heavy atom. The smallest absolute Gasteiger partial charge is 0.407 e. The molecule has 0 heterocycles. The van der Waals surface area contributed by atoms with Crippen LogP contribution in [0.1, 0.15) is 46.0 Å². The standard InChI is InChI=1S/C21H32N2O5/c1-13(2)20(25)27-7-8-28-21(26)23-6-5-14-3-4-17-15-9-16(11-22-12-24)18(10-15)19(14)17/h13-19H,3-11H2,1-2H3,(H,23,26). The Kier molecular flexibility index (Phi) is 7.11. The molecule has 7 heteroatoms. The predicted octanol–water partition coefficient (Wildman–Crippen LogP) is 2.94. The Morgan fingerprint density at radius 1 is 1.11 bits per heavy atom. The number of aliphatic imine (C=N–C) groups is 1. The van der Waals surface area contributed by atoms with E-state index in [1.807, 2.05) is 0 Å². The molecule has 1 N–H and O–H groups in total. The number of hydrogen-bond acceptors (Lipinski definition) is 6. The van der Waals surface area contributed by atoms with E-state index in [1.54, 1.807) is 19.9 Å². The van der Waals surface area contributed by atoms with Crippen LogP contribution in [0, 0.1) is 41.4 Å². The van der Waals surface area contributed by atoms with Gasteiger partial charge in [0.2, 0.25) is 6.08 Å². The molecular formula is C21H32N2O5. The number of nitrogens with one attached hydrogen (secondary N) is 1. The second-order valence-corrected chi connectivity index (χ2v) is 8.84. The van der Waals surface area contributed by atoms with Gasteiger partial charge in [0.1, 0.15) is 13.2 Å². The third-order valence-electron chi connectivity index (χ3n) is 7.00. The van der Waals surface area contributed by atoms with Gasteiger partial charge >= 0.3 is 12.1 Å². The summed E-state index contributed by atoms with van der Waals surface area (Å²) >= 11 is 0. The lowest BCUT2D eigenvalue weighted by atomic mass is 9.72. The van der Waals surface area contributed by atoms with E-state index in [9.17, 15) is 14.4 Å². The van der Waals surface area contributed by atoms with Crippen LogP contribution in [0.4, 0.5) is 4.79 Å². The van der Waals surface area contributed by atoms with Crippen LogP contribution < -0.4 is 5.32 Å². The quantitative estimate of drug-likeness (QED) is 0.282. The molecule has 3 aliphatic carbocycles. The Morgan fingerprint density at radius 2 is 1.89 bits per heavy atom. The van der Waals surface area contributed by atoms with E-state index in [0.717, 1.165) is 24.2 Å². The van der Waals surface area contributed by atoms with E-state index in [2.05, 4.69) is 10.3 Å². The Bertz CT molecular complexity index is 616. The number of carbonyl (C=O) groups excluding carboxylic acids is 3. The maximum atomic E-state index is 11.8. The minimum absolute atomic E-state index is 0.0705. The van der Waals surface area contributed by atoms with Gasteiger partial charge < -0.3 is 14.8 Å². The van der Waals surface area contributed by atoms with Crippen LogP contribution in [0.15, 0.2) is 4.99 Å². The molecule has 0 aromatic carbocycles. The number of ether oxygens (including phenoxy) is 2. The summed E-state index contributed by atoms with van der Waals surface area (Å²) in [6.07, 6.45) is 7.23. The monoisotopic (exact) mass is 392 g/mol. The molecule has 3 saturated carbocycles. The Balaban J connectivity index is 1.34. The van der Waals surface area contributed by atoms with Gasteiger partial charge in [-0.2, -0.15) is 0 Å². The number of nitrogens with zero attached hydrogens (tertiary/aromatic N) is 1. The number of carbonyl (C=O) groups is 2. The highest BCUT2D eigenvalue weighted by atomic mass is 16.6. The van der Waals surface area contributed by atoms with Crippen LogP contribution in [-0.4, -0.2) is 44.4 Å². The summed E-state index contributed by atoms with van der Waals surface area (Å²) in [5.74, 6) is 3.74. The third kappa shape index (κ3) is 4.75. The van der Waals surface area contributed by atoms with Crippen molar-refractivity contribution in [3.05, 3.63) is 0 Å². The molecule has 0 radical (unpaired) electrons. The number of esters is 1. The van der Waals surface area contributed by atoms with Crippen molar-refractivity contribution in [2.45, 2.75) is 46.0 Å². The van der Waals surface area contributed by atoms with Gasteiger partial charge in [-0.05, 0) is 67.6 Å². The van der Waals surface area contributed by atoms with E-state index in [1.165, 1.54) is 25.7 Å². The molecule has 0 aromatic heterocycles. The first-order valence-electron chi connectivity index (χ1n) is 10.6. The number of hydrogen-bond donors (Lipinski definition) is 1. The highest BCUT2D eigenvalue weighted by molar-refractivity contribution is 5.71. The van der Waals surface area contributed by atoms with Crippen molar-refractivity contribution in [2.24, 2.45) is 46.4 Å². The van der Waals surface area contributed by atoms with Gasteiger partial charge in [-0.1, -0.05) is 13.8 Å². The predicted molar refractivity (Wildman–Crippen MR) is 102 cm³/mol. The van der Waals surface area contributed by atoms with E-state index in [-0.39, 0.29) is 25.1 Å². The van der Waals surface area contributed by atoms with E-state index in [0.29, 0.717) is 30.8 Å². The maximum absolute atomic E-state index is 11.8. The van der Waals surface area contributed by atoms with Crippen LogP contribution in [0.5, 0.6) is 0 Å². The van der Waals surface area contributed by atoms with Gasteiger partial charge in [-0.3, -0.25) is 4.79 Å². The highest BCUT2D eigenvalue weighted by Gasteiger charge is 2.56. The lowest BCUT2D eigenvalue weighted by molar-refractivity contribution is -0.148. The molecule has 3 fully saturated rings. The fourth-order valence-electron chi connectivity index (χ4n) is 5.94. The fourth-order valence-corrected chi connectivity index (χ4v) is 5.94. The van der Waals surface area contributed by atoms with E-state index >= 15 is 0 Å². The number of rotatable bonds is 9. The summed E-state index contributed by atoms with van der Waals surface area (Å²) in [7, 11) is 0. The van der Waals surface area contributed by atoms with Crippen LogP contribution in [0.2, 0.25) is 0 Å². The molecule has 7 nitrogen and oxygen atoms in total. The molecule has 3 aliphatic rings. The zero-order chi connectivity index (χ0) is 20.1. The number of isocyanates is 1. The average molecular weight is 392 g/mol. The zero-order valence-electron chi connectivity index (χ0n) is 16.9. The SMILES string of the molecule is CC(C)C(=O)OCCOC(=O)NCCC1CCC2C3CC(CN=C=O)C(C3)C12. The first-order valence-corrected chi connectivity index (χ1v) is 10.6. The second-order valence-electron chi connectivity index (χ2n) is 8.84. The van der Waals surface area contributed by atoms with Crippen LogP contribution >= 0.6 is 0 Å². The molecule has 6 unspecified atom stereocenters. The Hall–Kier alpha value is -1.88. The van der Waals surface area contributed by atoms with Gasteiger partial charge in [0.05, 0.1) is 12.5 Å². The van der Waals surface area contributed by atoms with Crippen molar-refractivity contribution < 1.29 is 23.9 Å². The normalized spacial score (nSPS) is 32.7. The Labute approximate surface area is 166 Å². The molecular weight excluding hydrogens is 360 g/mol. The molecule has 156 valence electrons. The van der Waals surface area contributed by atoms with Crippen molar-refractivity contribution in [1.29, 1.82) is 0 Å². The maximum Gasteiger partial charge on any atom is 0.407 e. The van der Waals surface area contributed by atoms with Crippen molar-refractivity contribution in [2.75, 3.05) is 26.3 Å². The minimum atomic E-state index is -0.457. The topological polar surface area (TPSA) is 94.1 Å². The molecule has 0 aliphatic heterocycles. The first-order chi connectivity index (χ1) is 13.5. The van der Waals surface area contributed by atoms with E-state index in [4.69, 9.17) is 9.47 Å². The summed E-state index contributed by atoms with van der Waals surface area (Å²) < 4.78 is 10.0. The van der Waals surface area contributed by atoms with Crippen LogP contribution in [0.3, 0.4) is 0 Å².